The molecule has 2 N–H and O–H groups in total. The van der Waals surface area contributed by atoms with Crippen molar-refractivity contribution in [1.82, 2.24) is 15.2 Å². The highest BCUT2D eigenvalue weighted by molar-refractivity contribution is 5.73. The zero-order chi connectivity index (χ0) is 14.7. The Morgan fingerprint density at radius 3 is 2.90 bits per heavy atom. The van der Waals surface area contributed by atoms with Crippen LogP contribution in [0.4, 0.5) is 5.69 Å². The fraction of sp³-hybridized carbons (Fsp3) is 0.529. The van der Waals surface area contributed by atoms with Gasteiger partial charge in [-0.05, 0) is 37.8 Å². The average molecular weight is 284 g/mol. The lowest BCUT2D eigenvalue weighted by Gasteiger charge is -2.30. The minimum Gasteiger partial charge on any atom is -0.382 e. The Labute approximate surface area is 126 Å². The summed E-state index contributed by atoms with van der Waals surface area (Å²) in [5.74, 6) is 2.50. The first kappa shape index (κ1) is 14.1. The maximum Gasteiger partial charge on any atom is 0.183 e. The molecule has 0 spiro atoms. The minimum atomic E-state index is 0.574. The van der Waals surface area contributed by atoms with Crippen LogP contribution in [0.5, 0.6) is 0 Å². The van der Waals surface area contributed by atoms with Crippen LogP contribution >= 0.6 is 0 Å². The molecule has 1 saturated carbocycles. The first-order valence-electron chi connectivity index (χ1n) is 8.01. The number of H-pyrrole nitrogens is 1. The Balaban J connectivity index is 1.79. The fourth-order valence-corrected chi connectivity index (χ4v) is 3.28. The van der Waals surface area contributed by atoms with E-state index >= 15 is 0 Å². The van der Waals surface area contributed by atoms with Crippen molar-refractivity contribution in [2.75, 3.05) is 5.32 Å². The number of aromatic nitrogens is 3. The van der Waals surface area contributed by atoms with E-state index in [9.17, 15) is 0 Å². The SMILES string of the molecule is CCC1CCCC(Nc2ccccc2-c2n[nH]c(C)n2)C1. The van der Waals surface area contributed by atoms with Gasteiger partial charge in [-0.3, -0.25) is 5.10 Å². The number of rotatable bonds is 4. The molecule has 0 saturated heterocycles. The molecule has 4 nitrogen and oxygen atoms in total. The zero-order valence-corrected chi connectivity index (χ0v) is 12.9. The number of aryl methyl sites for hydroxylation is 1. The van der Waals surface area contributed by atoms with Gasteiger partial charge < -0.3 is 5.32 Å². The molecule has 2 aromatic rings. The van der Waals surface area contributed by atoms with Crippen molar-refractivity contribution in [2.24, 2.45) is 5.92 Å². The van der Waals surface area contributed by atoms with Gasteiger partial charge in [0.05, 0.1) is 0 Å². The van der Waals surface area contributed by atoms with Crippen LogP contribution in [0, 0.1) is 12.8 Å². The number of hydrogen-bond donors (Lipinski definition) is 2. The second-order valence-corrected chi connectivity index (χ2v) is 6.07. The minimum absolute atomic E-state index is 0.574. The molecule has 1 aliphatic rings. The highest BCUT2D eigenvalue weighted by Gasteiger charge is 2.21. The number of para-hydroxylation sites is 1. The predicted molar refractivity (Wildman–Crippen MR) is 86.2 cm³/mol. The summed E-state index contributed by atoms with van der Waals surface area (Å²) in [5.41, 5.74) is 2.23. The van der Waals surface area contributed by atoms with Crippen LogP contribution in [0.2, 0.25) is 0 Å². The Kier molecular flexibility index (Phi) is 4.23. The second kappa shape index (κ2) is 6.29. The van der Waals surface area contributed by atoms with Crippen LogP contribution in [0.15, 0.2) is 24.3 Å². The Morgan fingerprint density at radius 2 is 2.14 bits per heavy atom. The lowest BCUT2D eigenvalue weighted by molar-refractivity contribution is 0.327. The summed E-state index contributed by atoms with van der Waals surface area (Å²) < 4.78 is 0. The normalized spacial score (nSPS) is 22.2. The Bertz CT molecular complexity index is 590. The molecule has 1 aromatic heterocycles. The van der Waals surface area contributed by atoms with Gasteiger partial charge in [0.2, 0.25) is 0 Å². The maximum absolute atomic E-state index is 4.46. The fourth-order valence-electron chi connectivity index (χ4n) is 3.28. The molecule has 1 aromatic carbocycles. The van der Waals surface area contributed by atoms with Crippen LogP contribution in [0.25, 0.3) is 11.4 Å². The van der Waals surface area contributed by atoms with Crippen LogP contribution in [-0.4, -0.2) is 21.2 Å². The van der Waals surface area contributed by atoms with E-state index in [4.69, 9.17) is 0 Å². The summed E-state index contributed by atoms with van der Waals surface area (Å²) in [7, 11) is 0. The van der Waals surface area contributed by atoms with Crippen LogP contribution in [0.3, 0.4) is 0 Å². The summed E-state index contributed by atoms with van der Waals surface area (Å²) in [5, 5.41) is 10.9. The van der Waals surface area contributed by atoms with E-state index in [-0.39, 0.29) is 0 Å². The van der Waals surface area contributed by atoms with E-state index in [0.29, 0.717) is 6.04 Å². The quantitative estimate of drug-likeness (QED) is 0.886. The van der Waals surface area contributed by atoms with E-state index in [2.05, 4.69) is 45.6 Å². The molecule has 0 radical (unpaired) electrons. The molecular formula is C17H24N4. The van der Waals surface area contributed by atoms with Crippen LogP contribution in [-0.2, 0) is 0 Å². The molecule has 1 heterocycles. The molecule has 4 heteroatoms. The monoisotopic (exact) mass is 284 g/mol. The lowest BCUT2D eigenvalue weighted by Crippen LogP contribution is -2.27. The average Bonchev–Trinajstić information content (AvgIpc) is 2.94. The largest absolute Gasteiger partial charge is 0.382 e. The molecule has 112 valence electrons. The maximum atomic E-state index is 4.46. The summed E-state index contributed by atoms with van der Waals surface area (Å²) in [6.45, 7) is 4.23. The van der Waals surface area contributed by atoms with Crippen molar-refractivity contribution in [3.63, 3.8) is 0 Å². The third-order valence-corrected chi connectivity index (χ3v) is 4.48. The Hall–Kier alpha value is -1.84. The first-order valence-corrected chi connectivity index (χ1v) is 8.01. The van der Waals surface area contributed by atoms with Crippen molar-refractivity contribution in [3.8, 4) is 11.4 Å². The molecular weight excluding hydrogens is 260 g/mol. The third-order valence-electron chi connectivity index (χ3n) is 4.48. The summed E-state index contributed by atoms with van der Waals surface area (Å²) in [6, 6.07) is 8.92. The standard InChI is InChI=1S/C17H24N4/c1-3-13-7-6-8-14(11-13)19-16-10-5-4-9-15(16)17-18-12(2)20-21-17/h4-5,9-10,13-14,19H,3,6-8,11H2,1-2H3,(H,18,20,21). The van der Waals surface area contributed by atoms with Crippen molar-refractivity contribution in [3.05, 3.63) is 30.1 Å². The van der Waals surface area contributed by atoms with E-state index < -0.39 is 0 Å². The van der Waals surface area contributed by atoms with Gasteiger partial charge in [0, 0.05) is 17.3 Å². The van der Waals surface area contributed by atoms with E-state index in [1.807, 2.05) is 13.0 Å². The van der Waals surface area contributed by atoms with Crippen LogP contribution < -0.4 is 5.32 Å². The van der Waals surface area contributed by atoms with E-state index in [1.54, 1.807) is 0 Å². The number of aromatic amines is 1. The number of benzene rings is 1. The highest BCUT2D eigenvalue weighted by atomic mass is 15.2. The molecule has 2 unspecified atom stereocenters. The molecule has 1 aliphatic carbocycles. The molecule has 0 bridgehead atoms. The van der Waals surface area contributed by atoms with Gasteiger partial charge in [-0.1, -0.05) is 38.3 Å². The lowest BCUT2D eigenvalue weighted by atomic mass is 9.84. The van der Waals surface area contributed by atoms with E-state index in [1.165, 1.54) is 32.1 Å². The second-order valence-electron chi connectivity index (χ2n) is 6.07. The van der Waals surface area contributed by atoms with Gasteiger partial charge in [-0.25, -0.2) is 4.98 Å². The van der Waals surface area contributed by atoms with Gasteiger partial charge >= 0.3 is 0 Å². The van der Waals surface area contributed by atoms with Crippen molar-refractivity contribution >= 4 is 5.69 Å². The molecule has 0 amide bonds. The molecule has 0 aliphatic heterocycles. The van der Waals surface area contributed by atoms with Crippen LogP contribution in [0.1, 0.15) is 44.9 Å². The van der Waals surface area contributed by atoms with Gasteiger partial charge in [0.15, 0.2) is 5.82 Å². The summed E-state index contributed by atoms with van der Waals surface area (Å²) in [6.07, 6.45) is 6.55. The smallest absolute Gasteiger partial charge is 0.183 e. The first-order chi connectivity index (χ1) is 10.3. The van der Waals surface area contributed by atoms with Gasteiger partial charge in [0.25, 0.3) is 0 Å². The number of anilines is 1. The number of nitrogens with zero attached hydrogens (tertiary/aromatic N) is 2. The summed E-state index contributed by atoms with van der Waals surface area (Å²) in [4.78, 5) is 4.46. The predicted octanol–water partition coefficient (Wildman–Crippen LogP) is 4.16. The van der Waals surface area contributed by atoms with Gasteiger partial charge in [-0.15, -0.1) is 0 Å². The van der Waals surface area contributed by atoms with Crippen molar-refractivity contribution in [2.45, 2.75) is 52.0 Å². The molecule has 3 rings (SSSR count). The van der Waals surface area contributed by atoms with Crippen molar-refractivity contribution in [1.29, 1.82) is 0 Å². The Morgan fingerprint density at radius 1 is 1.29 bits per heavy atom. The molecule has 21 heavy (non-hydrogen) atoms. The third kappa shape index (κ3) is 3.26. The topological polar surface area (TPSA) is 53.6 Å². The number of hydrogen-bond acceptors (Lipinski definition) is 3. The zero-order valence-electron chi connectivity index (χ0n) is 12.9. The van der Waals surface area contributed by atoms with E-state index in [0.717, 1.165) is 28.8 Å². The number of nitrogens with one attached hydrogen (secondary N) is 2. The highest BCUT2D eigenvalue weighted by Crippen LogP contribution is 2.31. The van der Waals surface area contributed by atoms with Crippen molar-refractivity contribution < 1.29 is 0 Å². The molecule has 1 fully saturated rings. The molecule has 2 atom stereocenters. The van der Waals surface area contributed by atoms with Gasteiger partial charge in [0.1, 0.15) is 5.82 Å². The van der Waals surface area contributed by atoms with Gasteiger partial charge in [-0.2, -0.15) is 5.10 Å². The summed E-state index contributed by atoms with van der Waals surface area (Å²) >= 11 is 0.